The van der Waals surface area contributed by atoms with Crippen LogP contribution in [0.5, 0.6) is 0 Å². The summed E-state index contributed by atoms with van der Waals surface area (Å²) in [6.07, 6.45) is 12.1. The topological polar surface area (TPSA) is 20.3 Å². The van der Waals surface area contributed by atoms with Crippen LogP contribution in [0.25, 0.3) is 16.2 Å². The van der Waals surface area contributed by atoms with E-state index in [1.165, 1.54) is 16.3 Å². The Morgan fingerprint density at radius 3 is 2.52 bits per heavy atom. The Bertz CT molecular complexity index is 915. The predicted molar refractivity (Wildman–Crippen MR) is 96.6 cm³/mol. The summed E-state index contributed by atoms with van der Waals surface area (Å²) in [4.78, 5) is 14.2. The van der Waals surface area contributed by atoms with Gasteiger partial charge in [-0.3, -0.25) is 4.79 Å². The Morgan fingerprint density at radius 2 is 1.70 bits per heavy atom. The molecule has 2 nitrogen and oxygen atoms in total. The standard InChI is InChI=1S/C20H16BNO/c1-15(23)19-11-5-13-22-14-6-12-20(21(19)22)18-10-4-8-16-7-2-3-9-17(16)18/h2-14H,1H3. The smallest absolute Gasteiger partial charge is 0.331 e. The quantitative estimate of drug-likeness (QED) is 0.776. The number of allylic oxidation sites excluding steroid dienone is 5. The Kier molecular flexibility index (Phi) is 3.27. The van der Waals surface area contributed by atoms with E-state index < -0.39 is 0 Å². The summed E-state index contributed by atoms with van der Waals surface area (Å²) < 4.78 is 0. The molecule has 2 aromatic carbocycles. The zero-order chi connectivity index (χ0) is 15.8. The molecule has 0 saturated heterocycles. The maximum Gasteiger partial charge on any atom is 0.331 e. The van der Waals surface area contributed by atoms with E-state index in [9.17, 15) is 4.79 Å². The lowest BCUT2D eigenvalue weighted by Crippen LogP contribution is -2.40. The van der Waals surface area contributed by atoms with Crippen molar-refractivity contribution in [3.8, 4) is 0 Å². The van der Waals surface area contributed by atoms with Crippen LogP contribution in [0, 0.1) is 0 Å². The van der Waals surface area contributed by atoms with Gasteiger partial charge in [0.1, 0.15) is 5.78 Å². The van der Waals surface area contributed by atoms with Crippen molar-refractivity contribution in [1.82, 2.24) is 4.81 Å². The molecule has 4 rings (SSSR count). The highest BCUT2D eigenvalue weighted by atomic mass is 16.1. The number of carbonyl (C=O) groups excluding carboxylic acids is 1. The van der Waals surface area contributed by atoms with E-state index in [-0.39, 0.29) is 12.6 Å². The highest BCUT2D eigenvalue weighted by Gasteiger charge is 2.35. The van der Waals surface area contributed by atoms with Gasteiger partial charge in [-0.2, -0.15) is 0 Å². The van der Waals surface area contributed by atoms with Crippen LogP contribution >= 0.6 is 0 Å². The van der Waals surface area contributed by atoms with Crippen molar-refractivity contribution in [3.63, 3.8) is 0 Å². The number of nitrogens with zero attached hydrogens (tertiary/aromatic N) is 1. The van der Waals surface area contributed by atoms with Crippen molar-refractivity contribution in [2.24, 2.45) is 0 Å². The zero-order valence-electron chi connectivity index (χ0n) is 12.9. The Balaban J connectivity index is 1.92. The molecule has 0 N–H and O–H groups in total. The third-order valence-electron chi connectivity index (χ3n) is 4.46. The van der Waals surface area contributed by atoms with Crippen LogP contribution in [0.1, 0.15) is 12.5 Å². The van der Waals surface area contributed by atoms with Crippen LogP contribution < -0.4 is 0 Å². The zero-order valence-corrected chi connectivity index (χ0v) is 12.9. The van der Waals surface area contributed by atoms with Gasteiger partial charge in [0.2, 0.25) is 0 Å². The number of rotatable bonds is 2. The lowest BCUT2D eigenvalue weighted by Gasteiger charge is -2.32. The molecular weight excluding hydrogens is 281 g/mol. The normalized spacial score (nSPS) is 16.2. The molecule has 0 radical (unpaired) electrons. The summed E-state index contributed by atoms with van der Waals surface area (Å²) >= 11 is 0. The second kappa shape index (κ2) is 5.43. The average Bonchev–Trinajstić information content (AvgIpc) is 2.60. The summed E-state index contributed by atoms with van der Waals surface area (Å²) in [6, 6.07) is 14.7. The molecule has 2 aromatic rings. The van der Waals surface area contributed by atoms with Crippen molar-refractivity contribution >= 4 is 28.9 Å². The largest absolute Gasteiger partial charge is 0.389 e. The van der Waals surface area contributed by atoms with E-state index in [0.29, 0.717) is 0 Å². The van der Waals surface area contributed by atoms with Crippen molar-refractivity contribution in [2.45, 2.75) is 6.92 Å². The fourth-order valence-corrected chi connectivity index (χ4v) is 3.41. The van der Waals surface area contributed by atoms with Crippen molar-refractivity contribution in [2.75, 3.05) is 0 Å². The first-order valence-electron chi connectivity index (χ1n) is 7.79. The van der Waals surface area contributed by atoms with E-state index in [2.05, 4.69) is 53.4 Å². The van der Waals surface area contributed by atoms with Gasteiger partial charge in [-0.25, -0.2) is 0 Å². The van der Waals surface area contributed by atoms with Crippen LogP contribution in [-0.4, -0.2) is 17.4 Å². The summed E-state index contributed by atoms with van der Waals surface area (Å²) in [5.74, 6) is 0.116. The molecule has 0 bridgehead atoms. The van der Waals surface area contributed by atoms with Crippen molar-refractivity contribution < 1.29 is 4.79 Å². The number of hydrogen-bond acceptors (Lipinski definition) is 2. The first-order chi connectivity index (χ1) is 11.3. The molecule has 0 fully saturated rings. The molecule has 0 aliphatic carbocycles. The van der Waals surface area contributed by atoms with Gasteiger partial charge in [0.15, 0.2) is 0 Å². The van der Waals surface area contributed by atoms with Crippen LogP contribution in [0.4, 0.5) is 0 Å². The van der Waals surface area contributed by atoms with E-state index in [1.54, 1.807) is 6.92 Å². The number of carbonyl (C=O) groups is 1. The van der Waals surface area contributed by atoms with E-state index in [1.807, 2.05) is 30.6 Å². The van der Waals surface area contributed by atoms with Gasteiger partial charge in [-0.05, 0) is 58.8 Å². The Morgan fingerprint density at radius 1 is 0.957 bits per heavy atom. The third kappa shape index (κ3) is 2.25. The second-order valence-electron chi connectivity index (χ2n) is 5.86. The first kappa shape index (κ1) is 13.8. The minimum atomic E-state index is -0.0479. The minimum Gasteiger partial charge on any atom is -0.389 e. The molecule has 0 saturated carbocycles. The minimum absolute atomic E-state index is 0.0479. The summed E-state index contributed by atoms with van der Waals surface area (Å²) in [5.41, 5.74) is 3.18. The highest BCUT2D eigenvalue weighted by molar-refractivity contribution is 6.87. The molecule has 2 heterocycles. The second-order valence-corrected chi connectivity index (χ2v) is 5.86. The van der Waals surface area contributed by atoms with Gasteiger partial charge in [-0.1, -0.05) is 54.6 Å². The molecule has 0 unspecified atom stereocenters. The summed E-state index contributed by atoms with van der Waals surface area (Å²) in [6.45, 7) is 1.59. The maximum atomic E-state index is 12.1. The predicted octanol–water partition coefficient (Wildman–Crippen LogP) is 4.17. The number of ketones is 1. The fourth-order valence-electron chi connectivity index (χ4n) is 3.41. The van der Waals surface area contributed by atoms with Crippen LogP contribution in [-0.2, 0) is 4.79 Å². The van der Waals surface area contributed by atoms with E-state index >= 15 is 0 Å². The van der Waals surface area contributed by atoms with Gasteiger partial charge in [0.05, 0.1) is 0 Å². The van der Waals surface area contributed by atoms with Gasteiger partial charge < -0.3 is 4.81 Å². The number of hydrogen-bond donors (Lipinski definition) is 0. The molecule has 0 spiro atoms. The number of benzene rings is 2. The summed E-state index contributed by atoms with van der Waals surface area (Å²) in [5, 5.41) is 2.43. The van der Waals surface area contributed by atoms with Gasteiger partial charge in [0, 0.05) is 0 Å². The average molecular weight is 297 g/mol. The lowest BCUT2D eigenvalue weighted by atomic mass is 9.44. The van der Waals surface area contributed by atoms with Gasteiger partial charge in [0.25, 0.3) is 0 Å². The summed E-state index contributed by atoms with van der Waals surface area (Å²) in [7, 11) is 0. The molecule has 3 heteroatoms. The Labute approximate surface area is 136 Å². The first-order valence-corrected chi connectivity index (χ1v) is 7.79. The molecule has 23 heavy (non-hydrogen) atoms. The molecule has 0 atom stereocenters. The molecule has 110 valence electrons. The molecule has 2 aliphatic rings. The van der Waals surface area contributed by atoms with E-state index in [4.69, 9.17) is 0 Å². The van der Waals surface area contributed by atoms with Crippen LogP contribution in [0.2, 0.25) is 0 Å². The Hall–Kier alpha value is -2.81. The maximum absolute atomic E-state index is 12.1. The number of Topliss-reactive ketones (excluding diaryl/α,β-unsaturated/α-hetero) is 1. The van der Waals surface area contributed by atoms with Gasteiger partial charge in [-0.15, -0.1) is 0 Å². The molecular formula is C20H16BNO. The lowest BCUT2D eigenvalue weighted by molar-refractivity contribution is -0.113. The fraction of sp³-hybridized carbons (Fsp3) is 0.0500. The third-order valence-corrected chi connectivity index (χ3v) is 4.46. The SMILES string of the molecule is CC(=O)C1=CC=CN2C=CC=C(c3cccc4ccccc34)B12. The molecule has 0 aromatic heterocycles. The van der Waals surface area contributed by atoms with Gasteiger partial charge >= 0.3 is 6.85 Å². The van der Waals surface area contributed by atoms with E-state index in [0.717, 1.165) is 10.9 Å². The molecule has 0 amide bonds. The van der Waals surface area contributed by atoms with Crippen LogP contribution in [0.3, 0.4) is 0 Å². The van der Waals surface area contributed by atoms with Crippen molar-refractivity contribution in [3.05, 3.63) is 90.2 Å². The van der Waals surface area contributed by atoms with Crippen molar-refractivity contribution in [1.29, 1.82) is 0 Å². The van der Waals surface area contributed by atoms with Crippen LogP contribution in [0.15, 0.2) is 84.6 Å². The highest BCUT2D eigenvalue weighted by Crippen LogP contribution is 2.34. The molecule has 2 aliphatic heterocycles. The monoisotopic (exact) mass is 297 g/mol. The number of fused-ring (bicyclic) bond motifs is 2.